The molecule has 0 bridgehead atoms. The molecule has 0 aliphatic heterocycles. The van der Waals surface area contributed by atoms with Crippen LogP contribution >= 0.6 is 0 Å². The van der Waals surface area contributed by atoms with Crippen LogP contribution in [0.5, 0.6) is 0 Å². The van der Waals surface area contributed by atoms with Gasteiger partial charge in [0.05, 0.1) is 13.5 Å². The molecule has 0 amide bonds. The summed E-state index contributed by atoms with van der Waals surface area (Å²) in [5, 5.41) is 0. The molecule has 0 atom stereocenters. The molecule has 3 aromatic rings. The van der Waals surface area contributed by atoms with Crippen LogP contribution in [0.15, 0.2) is 60.7 Å². The fourth-order valence-electron chi connectivity index (χ4n) is 6.34. The van der Waals surface area contributed by atoms with E-state index in [0.29, 0.717) is 6.42 Å². The van der Waals surface area contributed by atoms with Crippen molar-refractivity contribution in [2.45, 2.75) is 91.4 Å². The summed E-state index contributed by atoms with van der Waals surface area (Å²) in [5.74, 6) is 6.98. The zero-order chi connectivity index (χ0) is 28.0. The maximum atomic E-state index is 11.6. The summed E-state index contributed by atoms with van der Waals surface area (Å²) < 4.78 is 4.80. The number of carbonyl (C=O) groups excluding carboxylic acids is 1. The zero-order valence-electron chi connectivity index (χ0n) is 24.7. The van der Waals surface area contributed by atoms with Crippen molar-refractivity contribution < 1.29 is 9.53 Å². The van der Waals surface area contributed by atoms with Crippen LogP contribution < -0.4 is 0 Å². The summed E-state index contributed by atoms with van der Waals surface area (Å²) in [6.07, 6.45) is 8.77. The summed E-state index contributed by atoms with van der Waals surface area (Å²) in [6.45, 7) is 11.4. The first-order valence-electron chi connectivity index (χ1n) is 14.6. The molecule has 0 unspecified atom stereocenters. The number of methoxy groups -OCH3 is 1. The van der Waals surface area contributed by atoms with Gasteiger partial charge in [0.25, 0.3) is 0 Å². The summed E-state index contributed by atoms with van der Waals surface area (Å²) >= 11 is 0. The van der Waals surface area contributed by atoms with Crippen molar-refractivity contribution in [1.82, 2.24) is 0 Å². The van der Waals surface area contributed by atoms with Gasteiger partial charge in [0.2, 0.25) is 0 Å². The molecule has 3 aromatic carbocycles. The van der Waals surface area contributed by atoms with Crippen LogP contribution in [0.2, 0.25) is 0 Å². The minimum atomic E-state index is -0.215. The maximum absolute atomic E-state index is 11.6. The number of hydrogen-bond acceptors (Lipinski definition) is 2. The van der Waals surface area contributed by atoms with Crippen LogP contribution in [0, 0.1) is 31.1 Å². The van der Waals surface area contributed by atoms with E-state index >= 15 is 0 Å². The topological polar surface area (TPSA) is 26.3 Å². The fraction of sp³-hybridized carbons (Fsp3) is 0.432. The van der Waals surface area contributed by atoms with Gasteiger partial charge < -0.3 is 4.74 Å². The standard InChI is InChI=1S/C37H44O2/c1-7-37(8-2,32-17-16-30(27(3)24-32)20-23-36(5)21-10-9-11-22-36)33-18-19-34(28(4)25-33)31-14-12-29(13-15-31)26-35(38)39-6/h12-19,24-25H,7-11,21-22,26H2,1-6H3. The lowest BCUT2D eigenvalue weighted by molar-refractivity contribution is -0.139. The molecule has 204 valence electrons. The molecule has 39 heavy (non-hydrogen) atoms. The molecule has 0 saturated heterocycles. The highest BCUT2D eigenvalue weighted by Gasteiger charge is 2.31. The van der Waals surface area contributed by atoms with Gasteiger partial charge in [-0.15, -0.1) is 0 Å². The monoisotopic (exact) mass is 520 g/mol. The molecule has 0 aromatic heterocycles. The summed E-state index contributed by atoms with van der Waals surface area (Å²) in [4.78, 5) is 11.6. The third-order valence-corrected chi connectivity index (χ3v) is 9.06. The second-order valence-electron chi connectivity index (χ2n) is 11.7. The molecule has 0 heterocycles. The van der Waals surface area contributed by atoms with Crippen molar-refractivity contribution in [3.63, 3.8) is 0 Å². The van der Waals surface area contributed by atoms with E-state index in [0.717, 1.165) is 29.5 Å². The fourth-order valence-corrected chi connectivity index (χ4v) is 6.34. The van der Waals surface area contributed by atoms with Crippen LogP contribution in [-0.4, -0.2) is 13.1 Å². The van der Waals surface area contributed by atoms with Gasteiger partial charge in [-0.05, 0) is 91.5 Å². The molecular formula is C37H44O2. The highest BCUT2D eigenvalue weighted by molar-refractivity contribution is 5.73. The third kappa shape index (κ3) is 6.30. The van der Waals surface area contributed by atoms with Crippen molar-refractivity contribution in [2.24, 2.45) is 5.41 Å². The molecule has 4 rings (SSSR count). The Kier molecular flexibility index (Phi) is 9.01. The van der Waals surface area contributed by atoms with Gasteiger partial charge in [0.15, 0.2) is 0 Å². The minimum Gasteiger partial charge on any atom is -0.469 e. The lowest BCUT2D eigenvalue weighted by atomic mass is 9.69. The van der Waals surface area contributed by atoms with Gasteiger partial charge in [-0.3, -0.25) is 4.79 Å². The number of benzene rings is 3. The van der Waals surface area contributed by atoms with Crippen LogP contribution in [-0.2, 0) is 21.4 Å². The number of aryl methyl sites for hydroxylation is 2. The molecular weight excluding hydrogens is 476 g/mol. The molecule has 0 spiro atoms. The molecule has 1 fully saturated rings. The number of carbonyl (C=O) groups is 1. The lowest BCUT2D eigenvalue weighted by Crippen LogP contribution is -2.26. The van der Waals surface area contributed by atoms with Gasteiger partial charge >= 0.3 is 5.97 Å². The average Bonchev–Trinajstić information content (AvgIpc) is 2.94. The van der Waals surface area contributed by atoms with Crippen LogP contribution in [0.1, 0.15) is 99.1 Å². The number of esters is 1. The Bertz CT molecular complexity index is 1360. The van der Waals surface area contributed by atoms with E-state index in [9.17, 15) is 4.79 Å². The Hall–Kier alpha value is -3.31. The largest absolute Gasteiger partial charge is 0.469 e. The Balaban J connectivity index is 1.62. The van der Waals surface area contributed by atoms with Crippen molar-refractivity contribution >= 4 is 5.97 Å². The highest BCUT2D eigenvalue weighted by Crippen LogP contribution is 2.41. The van der Waals surface area contributed by atoms with Crippen LogP contribution in [0.4, 0.5) is 0 Å². The highest BCUT2D eigenvalue weighted by atomic mass is 16.5. The Morgan fingerprint density at radius 2 is 1.49 bits per heavy atom. The van der Waals surface area contributed by atoms with E-state index < -0.39 is 0 Å². The van der Waals surface area contributed by atoms with Crippen molar-refractivity contribution in [3.8, 4) is 23.0 Å². The van der Waals surface area contributed by atoms with Gasteiger partial charge in [-0.25, -0.2) is 0 Å². The summed E-state index contributed by atoms with van der Waals surface area (Å²) in [7, 11) is 1.43. The minimum absolute atomic E-state index is 0.0419. The van der Waals surface area contributed by atoms with Gasteiger partial charge in [-0.1, -0.05) is 99.5 Å². The van der Waals surface area contributed by atoms with Crippen LogP contribution in [0.3, 0.4) is 0 Å². The second-order valence-corrected chi connectivity index (χ2v) is 11.7. The lowest BCUT2D eigenvalue weighted by Gasteiger charge is -2.34. The number of hydrogen-bond donors (Lipinski definition) is 0. The van der Waals surface area contributed by atoms with Crippen LogP contribution in [0.25, 0.3) is 11.1 Å². The quantitative estimate of drug-likeness (QED) is 0.229. The second kappa shape index (κ2) is 12.3. The number of ether oxygens (including phenoxy) is 1. The van der Waals surface area contributed by atoms with Crippen molar-refractivity contribution in [3.05, 3.63) is 94.0 Å². The van der Waals surface area contributed by atoms with Gasteiger partial charge in [-0.2, -0.15) is 0 Å². The summed E-state index contributed by atoms with van der Waals surface area (Å²) in [6, 6.07) is 22.1. The average molecular weight is 521 g/mol. The van der Waals surface area contributed by atoms with E-state index in [1.54, 1.807) is 0 Å². The molecule has 2 heteroatoms. The Morgan fingerprint density at radius 1 is 0.872 bits per heavy atom. The zero-order valence-corrected chi connectivity index (χ0v) is 24.7. The molecule has 1 aliphatic carbocycles. The van der Waals surface area contributed by atoms with Crippen molar-refractivity contribution in [1.29, 1.82) is 0 Å². The van der Waals surface area contributed by atoms with Gasteiger partial charge in [0, 0.05) is 16.4 Å². The smallest absolute Gasteiger partial charge is 0.309 e. The Labute approximate surface area is 236 Å². The van der Waals surface area contributed by atoms with Gasteiger partial charge in [0.1, 0.15) is 0 Å². The third-order valence-electron chi connectivity index (χ3n) is 9.06. The molecule has 1 saturated carbocycles. The first kappa shape index (κ1) is 28.7. The summed E-state index contributed by atoms with van der Waals surface area (Å²) in [5.41, 5.74) is 9.91. The normalized spacial score (nSPS) is 14.8. The molecule has 0 radical (unpaired) electrons. The molecule has 1 aliphatic rings. The van der Waals surface area contributed by atoms with E-state index in [2.05, 4.69) is 95.0 Å². The van der Waals surface area contributed by atoms with E-state index in [1.807, 2.05) is 12.1 Å². The molecule has 0 N–H and O–H groups in total. The maximum Gasteiger partial charge on any atom is 0.309 e. The molecule has 2 nitrogen and oxygen atoms in total. The number of rotatable bonds is 7. The SMILES string of the molecule is CCC(CC)(c1ccc(C#CC2(C)CCCCC2)c(C)c1)c1ccc(-c2ccc(CC(=O)OC)cc2)c(C)c1. The first-order chi connectivity index (χ1) is 18.7. The Morgan fingerprint density at radius 3 is 2.05 bits per heavy atom. The van der Waals surface area contributed by atoms with E-state index in [1.165, 1.54) is 67.0 Å². The predicted octanol–water partition coefficient (Wildman–Crippen LogP) is 9.11. The first-order valence-corrected chi connectivity index (χ1v) is 14.6. The van der Waals surface area contributed by atoms with E-state index in [-0.39, 0.29) is 16.8 Å². The van der Waals surface area contributed by atoms with Crippen molar-refractivity contribution in [2.75, 3.05) is 7.11 Å². The van der Waals surface area contributed by atoms with E-state index in [4.69, 9.17) is 4.74 Å². The predicted molar refractivity (Wildman–Crippen MR) is 163 cm³/mol.